The van der Waals surface area contributed by atoms with Gasteiger partial charge in [-0.2, -0.15) is 5.26 Å². The van der Waals surface area contributed by atoms with Gasteiger partial charge in [-0.15, -0.1) is 0 Å². The smallest absolute Gasteiger partial charge is 0.225 e. The zero-order valence-electron chi connectivity index (χ0n) is 15.5. The lowest BCUT2D eigenvalue weighted by molar-refractivity contribution is -0.131. The van der Waals surface area contributed by atoms with Gasteiger partial charge in [0.05, 0.1) is 22.8 Å². The molecule has 1 N–H and O–H groups in total. The summed E-state index contributed by atoms with van der Waals surface area (Å²) in [6.45, 7) is 10.8. The van der Waals surface area contributed by atoms with E-state index in [1.165, 1.54) is 0 Å². The number of carbonyl (C=O) groups excluding carboxylic acids is 1. The van der Waals surface area contributed by atoms with Crippen molar-refractivity contribution >= 4 is 22.5 Å². The molecular formula is C20H24N4O. The number of amides is 1. The van der Waals surface area contributed by atoms with Gasteiger partial charge in [-0.1, -0.05) is 11.6 Å². The first-order chi connectivity index (χ1) is 11.7. The van der Waals surface area contributed by atoms with Crippen LogP contribution in [0.2, 0.25) is 0 Å². The number of nitrogens with zero attached hydrogens (tertiary/aromatic N) is 3. The van der Waals surface area contributed by atoms with Gasteiger partial charge in [0.15, 0.2) is 0 Å². The third-order valence-corrected chi connectivity index (χ3v) is 4.71. The molecule has 0 spiro atoms. The quantitative estimate of drug-likeness (QED) is 0.911. The highest BCUT2D eigenvalue weighted by Crippen LogP contribution is 2.31. The van der Waals surface area contributed by atoms with Gasteiger partial charge in [0.25, 0.3) is 0 Å². The summed E-state index contributed by atoms with van der Waals surface area (Å²) in [5, 5.41) is 13.9. The van der Waals surface area contributed by atoms with E-state index in [-0.39, 0.29) is 17.5 Å². The molecule has 1 saturated heterocycles. The minimum atomic E-state index is -0.195. The Kier molecular flexibility index (Phi) is 4.16. The van der Waals surface area contributed by atoms with Crippen molar-refractivity contribution in [3.8, 4) is 6.07 Å². The molecule has 1 aliphatic heterocycles. The maximum absolute atomic E-state index is 12.4. The van der Waals surface area contributed by atoms with Gasteiger partial charge in [-0.3, -0.25) is 9.78 Å². The molecule has 1 amide bonds. The molecule has 2 heterocycles. The summed E-state index contributed by atoms with van der Waals surface area (Å²) in [7, 11) is 0. The summed E-state index contributed by atoms with van der Waals surface area (Å²) < 4.78 is 0. The predicted octanol–water partition coefficient (Wildman–Crippen LogP) is 3.53. The Labute approximate surface area is 148 Å². The molecule has 1 unspecified atom stereocenters. The highest BCUT2D eigenvalue weighted by Gasteiger charge is 2.36. The van der Waals surface area contributed by atoms with Crippen LogP contribution in [0.1, 0.15) is 43.9 Å². The Bertz CT molecular complexity index is 889. The lowest BCUT2D eigenvalue weighted by Crippen LogP contribution is -2.43. The van der Waals surface area contributed by atoms with Crippen LogP contribution in [0.5, 0.6) is 0 Å². The topological polar surface area (TPSA) is 69.0 Å². The maximum Gasteiger partial charge on any atom is 0.225 e. The third-order valence-electron chi connectivity index (χ3n) is 4.71. The number of benzene rings is 1. The Morgan fingerprint density at radius 2 is 2.04 bits per heavy atom. The van der Waals surface area contributed by atoms with Gasteiger partial charge < -0.3 is 10.2 Å². The predicted molar refractivity (Wildman–Crippen MR) is 99.4 cm³/mol. The molecule has 0 radical (unpaired) electrons. The zero-order chi connectivity index (χ0) is 18.4. The highest BCUT2D eigenvalue weighted by molar-refractivity contribution is 5.96. The van der Waals surface area contributed by atoms with Gasteiger partial charge >= 0.3 is 0 Å². The lowest BCUT2D eigenvalue weighted by Gasteiger charge is -2.32. The van der Waals surface area contributed by atoms with Crippen molar-refractivity contribution in [2.45, 2.75) is 52.6 Å². The summed E-state index contributed by atoms with van der Waals surface area (Å²) in [4.78, 5) is 18.7. The Hall–Kier alpha value is -2.61. The van der Waals surface area contributed by atoms with Crippen molar-refractivity contribution < 1.29 is 4.79 Å². The fourth-order valence-electron chi connectivity index (χ4n) is 3.56. The largest absolute Gasteiger partial charge is 0.378 e. The molecule has 0 bridgehead atoms. The number of pyridine rings is 1. The van der Waals surface area contributed by atoms with E-state index in [2.05, 4.69) is 28.5 Å². The van der Waals surface area contributed by atoms with Crippen molar-refractivity contribution in [2.75, 3.05) is 11.9 Å². The molecule has 3 rings (SSSR count). The van der Waals surface area contributed by atoms with Crippen LogP contribution in [0.4, 0.5) is 5.69 Å². The lowest BCUT2D eigenvalue weighted by atomic mass is 10.0. The van der Waals surface area contributed by atoms with Crippen LogP contribution in [-0.4, -0.2) is 33.9 Å². The van der Waals surface area contributed by atoms with Crippen molar-refractivity contribution in [1.29, 1.82) is 5.26 Å². The monoisotopic (exact) mass is 336 g/mol. The molecular weight excluding hydrogens is 312 g/mol. The minimum absolute atomic E-state index is 0.00903. The Morgan fingerprint density at radius 1 is 1.32 bits per heavy atom. The van der Waals surface area contributed by atoms with Gasteiger partial charge in [0, 0.05) is 30.1 Å². The van der Waals surface area contributed by atoms with Crippen molar-refractivity contribution in [3.05, 3.63) is 35.0 Å². The second kappa shape index (κ2) is 6.03. The van der Waals surface area contributed by atoms with Gasteiger partial charge in [-0.25, -0.2) is 0 Å². The SMILES string of the molecule is Cc1cc(C)c2ncc(C#N)c(NC3CC(=O)N(C(C)(C)C)C3)c2c1. The molecule has 1 aromatic heterocycles. The summed E-state index contributed by atoms with van der Waals surface area (Å²) in [6.07, 6.45) is 2.06. The van der Waals surface area contributed by atoms with Crippen LogP contribution in [0.3, 0.4) is 0 Å². The van der Waals surface area contributed by atoms with Crippen LogP contribution < -0.4 is 5.32 Å². The standard InChI is InChI=1S/C20H24N4O/c1-12-6-13(2)18-16(7-12)19(14(9-21)10-22-18)23-15-8-17(25)24(11-15)20(3,4)5/h6-7,10,15H,8,11H2,1-5H3,(H,22,23). The minimum Gasteiger partial charge on any atom is -0.378 e. The van der Waals surface area contributed by atoms with Gasteiger partial charge in [-0.05, 0) is 46.2 Å². The fraction of sp³-hybridized carbons (Fsp3) is 0.450. The zero-order valence-corrected chi connectivity index (χ0v) is 15.5. The number of aryl methyl sites for hydroxylation is 2. The van der Waals surface area contributed by atoms with Crippen molar-refractivity contribution in [3.63, 3.8) is 0 Å². The molecule has 0 aliphatic carbocycles. The summed E-state index contributed by atoms with van der Waals surface area (Å²) in [6, 6.07) is 6.36. The summed E-state index contributed by atoms with van der Waals surface area (Å²) >= 11 is 0. The number of nitrogens with one attached hydrogen (secondary N) is 1. The van der Waals surface area contributed by atoms with Crippen LogP contribution in [0.15, 0.2) is 18.3 Å². The molecule has 1 aliphatic rings. The maximum atomic E-state index is 12.4. The van der Waals surface area contributed by atoms with E-state index in [1.807, 2.05) is 39.5 Å². The van der Waals surface area contributed by atoms with E-state index < -0.39 is 0 Å². The first-order valence-corrected chi connectivity index (χ1v) is 8.58. The van der Waals surface area contributed by atoms with Crippen LogP contribution in [-0.2, 0) is 4.79 Å². The first-order valence-electron chi connectivity index (χ1n) is 8.58. The number of anilines is 1. The molecule has 1 aromatic carbocycles. The number of rotatable bonds is 2. The average molecular weight is 336 g/mol. The van der Waals surface area contributed by atoms with E-state index in [4.69, 9.17) is 0 Å². The number of aromatic nitrogens is 1. The van der Waals surface area contributed by atoms with E-state index >= 15 is 0 Å². The van der Waals surface area contributed by atoms with E-state index in [9.17, 15) is 10.1 Å². The Morgan fingerprint density at radius 3 is 2.64 bits per heavy atom. The average Bonchev–Trinajstić information content (AvgIpc) is 2.88. The normalized spacial score (nSPS) is 17.8. The third kappa shape index (κ3) is 3.17. The molecule has 1 atom stereocenters. The molecule has 2 aromatic rings. The van der Waals surface area contributed by atoms with Crippen LogP contribution in [0, 0.1) is 25.2 Å². The number of nitriles is 1. The van der Waals surface area contributed by atoms with Crippen LogP contribution >= 0.6 is 0 Å². The van der Waals surface area contributed by atoms with Crippen molar-refractivity contribution in [1.82, 2.24) is 9.88 Å². The first kappa shape index (κ1) is 17.2. The number of likely N-dealkylation sites (tertiary alicyclic amines) is 1. The van der Waals surface area contributed by atoms with Gasteiger partial charge in [0.2, 0.25) is 5.91 Å². The number of hydrogen-bond acceptors (Lipinski definition) is 4. The van der Waals surface area contributed by atoms with E-state index in [1.54, 1.807) is 6.20 Å². The number of fused-ring (bicyclic) bond motifs is 1. The second-order valence-electron chi connectivity index (χ2n) is 7.86. The molecule has 5 heteroatoms. The molecule has 25 heavy (non-hydrogen) atoms. The number of carbonyl (C=O) groups is 1. The van der Waals surface area contributed by atoms with Gasteiger partial charge in [0.1, 0.15) is 6.07 Å². The molecule has 0 saturated carbocycles. The summed E-state index contributed by atoms with van der Waals surface area (Å²) in [5.41, 5.74) is 4.21. The number of hydrogen-bond donors (Lipinski definition) is 1. The van der Waals surface area contributed by atoms with Crippen molar-refractivity contribution in [2.24, 2.45) is 0 Å². The molecule has 130 valence electrons. The second-order valence-corrected chi connectivity index (χ2v) is 7.86. The van der Waals surface area contributed by atoms with E-state index in [0.29, 0.717) is 18.5 Å². The summed E-state index contributed by atoms with van der Waals surface area (Å²) in [5.74, 6) is 0.147. The molecule has 1 fully saturated rings. The van der Waals surface area contributed by atoms with Crippen LogP contribution in [0.25, 0.3) is 10.9 Å². The fourth-order valence-corrected chi connectivity index (χ4v) is 3.56. The Balaban J connectivity index is 2.02. The van der Waals surface area contributed by atoms with E-state index in [0.717, 1.165) is 27.7 Å². The molecule has 5 nitrogen and oxygen atoms in total. The highest BCUT2D eigenvalue weighted by atomic mass is 16.2.